The van der Waals surface area contributed by atoms with Crippen LogP contribution in [0.1, 0.15) is 5.56 Å². The van der Waals surface area contributed by atoms with Gasteiger partial charge in [-0.2, -0.15) is 0 Å². The van der Waals surface area contributed by atoms with Crippen LogP contribution in [0.2, 0.25) is 39.3 Å². The van der Waals surface area contributed by atoms with Gasteiger partial charge in [0, 0.05) is 16.4 Å². The van der Waals surface area contributed by atoms with Crippen molar-refractivity contribution in [2.24, 2.45) is 0 Å². The molecule has 0 amide bonds. The van der Waals surface area contributed by atoms with Crippen molar-refractivity contribution in [2.75, 3.05) is 0 Å². The summed E-state index contributed by atoms with van der Waals surface area (Å²) in [4.78, 5) is 0. The van der Waals surface area contributed by atoms with Gasteiger partial charge in [0.2, 0.25) is 0 Å². The largest absolute Gasteiger partial charge is 0.318 e. The molecule has 24 heavy (non-hydrogen) atoms. The summed E-state index contributed by atoms with van der Waals surface area (Å²) in [6, 6.07) is 18.2. The standard InChI is InChI=1S/C21H29NSi2/c1-16-11-10-12-17-15-20(24(5,6)7)22(21(16)17)18-13-8-9-14-19(18)23(2,3)4/h8-15H,1-7H3. The topological polar surface area (TPSA) is 4.93 Å². The second-order valence-electron chi connectivity index (χ2n) is 8.89. The van der Waals surface area contributed by atoms with Crippen molar-refractivity contribution in [2.45, 2.75) is 46.2 Å². The van der Waals surface area contributed by atoms with E-state index < -0.39 is 16.1 Å². The van der Waals surface area contributed by atoms with Crippen molar-refractivity contribution in [3.05, 3.63) is 54.1 Å². The number of fused-ring (bicyclic) bond motifs is 1. The zero-order valence-corrected chi connectivity index (χ0v) is 18.1. The van der Waals surface area contributed by atoms with Gasteiger partial charge in [0.1, 0.15) is 0 Å². The third-order valence-corrected chi connectivity index (χ3v) is 8.69. The first-order valence-corrected chi connectivity index (χ1v) is 15.8. The van der Waals surface area contributed by atoms with Crippen LogP contribution in [0.25, 0.3) is 16.6 Å². The van der Waals surface area contributed by atoms with E-state index in [-0.39, 0.29) is 0 Å². The van der Waals surface area contributed by atoms with Gasteiger partial charge in [-0.3, -0.25) is 0 Å². The van der Waals surface area contributed by atoms with E-state index in [4.69, 9.17) is 0 Å². The minimum absolute atomic E-state index is 1.36. The zero-order valence-electron chi connectivity index (χ0n) is 16.1. The fourth-order valence-electron chi connectivity index (χ4n) is 3.54. The van der Waals surface area contributed by atoms with Gasteiger partial charge in [-0.05, 0) is 29.8 Å². The van der Waals surface area contributed by atoms with Gasteiger partial charge < -0.3 is 4.57 Å². The lowest BCUT2D eigenvalue weighted by atomic mass is 10.1. The molecule has 0 saturated heterocycles. The van der Waals surface area contributed by atoms with E-state index in [0.717, 1.165) is 0 Å². The molecule has 0 radical (unpaired) electrons. The molecular formula is C21H29NSi2. The van der Waals surface area contributed by atoms with E-state index in [2.05, 4.69) is 99.3 Å². The Morgan fingerprint density at radius 1 is 0.750 bits per heavy atom. The number of aryl methyl sites for hydroxylation is 1. The van der Waals surface area contributed by atoms with Crippen molar-refractivity contribution >= 4 is 37.6 Å². The molecule has 0 aliphatic rings. The summed E-state index contributed by atoms with van der Waals surface area (Å²) in [6.45, 7) is 16.9. The Labute approximate surface area is 148 Å². The van der Waals surface area contributed by atoms with Crippen molar-refractivity contribution in [1.29, 1.82) is 0 Å². The monoisotopic (exact) mass is 351 g/mol. The minimum atomic E-state index is -1.47. The van der Waals surface area contributed by atoms with Crippen LogP contribution in [0, 0.1) is 6.92 Å². The molecule has 0 N–H and O–H groups in total. The second kappa shape index (κ2) is 5.74. The predicted octanol–water partition coefficient (Wildman–Crippen LogP) is 5.03. The summed E-state index contributed by atoms with van der Waals surface area (Å²) in [5, 5.41) is 4.44. The fraction of sp³-hybridized carbons (Fsp3) is 0.333. The van der Waals surface area contributed by atoms with Gasteiger partial charge in [0.25, 0.3) is 0 Å². The molecule has 0 unspecified atom stereocenters. The molecule has 1 heterocycles. The van der Waals surface area contributed by atoms with Crippen LogP contribution >= 0.6 is 0 Å². The van der Waals surface area contributed by atoms with E-state index in [1.807, 2.05) is 0 Å². The fourth-order valence-corrected chi connectivity index (χ4v) is 6.59. The van der Waals surface area contributed by atoms with Gasteiger partial charge >= 0.3 is 0 Å². The molecule has 3 heteroatoms. The molecule has 0 saturated carbocycles. The first kappa shape index (κ1) is 17.2. The van der Waals surface area contributed by atoms with Crippen LogP contribution in [0.3, 0.4) is 0 Å². The SMILES string of the molecule is Cc1cccc2cc([Si](C)(C)C)n(-c3ccccc3[Si](C)(C)C)c12. The van der Waals surface area contributed by atoms with Crippen molar-refractivity contribution < 1.29 is 0 Å². The molecule has 0 atom stereocenters. The first-order valence-electron chi connectivity index (χ1n) is 8.82. The van der Waals surface area contributed by atoms with Crippen LogP contribution in [-0.4, -0.2) is 20.7 Å². The molecule has 1 nitrogen and oxygen atoms in total. The zero-order chi connectivity index (χ0) is 17.7. The Morgan fingerprint density at radius 2 is 1.42 bits per heavy atom. The van der Waals surface area contributed by atoms with Crippen molar-refractivity contribution in [1.82, 2.24) is 4.57 Å². The highest BCUT2D eigenvalue weighted by molar-refractivity contribution is 6.90. The Kier molecular flexibility index (Phi) is 4.13. The normalized spacial score (nSPS) is 12.8. The molecule has 0 aliphatic carbocycles. The Balaban J connectivity index is 2.47. The summed E-state index contributed by atoms with van der Waals surface area (Å²) < 4.78 is 2.59. The van der Waals surface area contributed by atoms with Gasteiger partial charge in [0.15, 0.2) is 0 Å². The molecule has 1 aromatic heterocycles. The number of benzene rings is 2. The number of para-hydroxylation sites is 2. The molecule has 0 aliphatic heterocycles. The average molecular weight is 352 g/mol. The van der Waals surface area contributed by atoms with Crippen molar-refractivity contribution in [3.63, 3.8) is 0 Å². The van der Waals surface area contributed by atoms with E-state index in [0.29, 0.717) is 0 Å². The maximum Gasteiger partial charge on any atom is 0.0990 e. The molecule has 0 fully saturated rings. The smallest absolute Gasteiger partial charge is 0.0990 e. The summed E-state index contributed by atoms with van der Waals surface area (Å²) in [6.07, 6.45) is 0. The quantitative estimate of drug-likeness (QED) is 0.583. The second-order valence-corrected chi connectivity index (χ2v) is 18.9. The van der Waals surface area contributed by atoms with Crippen LogP contribution in [0.15, 0.2) is 48.5 Å². The number of hydrogen-bond acceptors (Lipinski definition) is 0. The van der Waals surface area contributed by atoms with Crippen LogP contribution in [0.5, 0.6) is 0 Å². The third-order valence-electron chi connectivity index (χ3n) is 4.75. The maximum absolute atomic E-state index is 2.59. The highest BCUT2D eigenvalue weighted by Crippen LogP contribution is 2.25. The van der Waals surface area contributed by atoms with Gasteiger partial charge in [-0.25, -0.2) is 0 Å². The first-order chi connectivity index (χ1) is 11.1. The number of hydrogen-bond donors (Lipinski definition) is 0. The molecule has 3 rings (SSSR count). The number of nitrogens with zero attached hydrogens (tertiary/aromatic N) is 1. The summed E-state index contributed by atoms with van der Waals surface area (Å²) in [5.74, 6) is 0. The van der Waals surface area contributed by atoms with E-state index in [1.165, 1.54) is 27.5 Å². The Bertz CT molecular complexity index is 892. The lowest BCUT2D eigenvalue weighted by Gasteiger charge is -2.26. The van der Waals surface area contributed by atoms with Crippen LogP contribution in [-0.2, 0) is 0 Å². The Morgan fingerprint density at radius 3 is 2.04 bits per heavy atom. The molecular weight excluding hydrogens is 322 g/mol. The molecule has 2 aromatic carbocycles. The number of rotatable bonds is 3. The van der Waals surface area contributed by atoms with Crippen LogP contribution in [0.4, 0.5) is 0 Å². The molecule has 3 aromatic rings. The molecule has 0 bridgehead atoms. The van der Waals surface area contributed by atoms with Gasteiger partial charge in [-0.1, -0.05) is 75.7 Å². The van der Waals surface area contributed by atoms with Crippen molar-refractivity contribution in [3.8, 4) is 5.69 Å². The molecule has 0 spiro atoms. The number of aromatic nitrogens is 1. The highest BCUT2D eigenvalue weighted by Gasteiger charge is 2.27. The van der Waals surface area contributed by atoms with E-state index >= 15 is 0 Å². The summed E-state index contributed by atoms with van der Waals surface area (Å²) >= 11 is 0. The van der Waals surface area contributed by atoms with Crippen LogP contribution < -0.4 is 10.5 Å². The molecule has 126 valence electrons. The summed E-state index contributed by atoms with van der Waals surface area (Å²) in [5.41, 5.74) is 4.15. The van der Waals surface area contributed by atoms with E-state index in [9.17, 15) is 0 Å². The van der Waals surface area contributed by atoms with Gasteiger partial charge in [-0.15, -0.1) is 0 Å². The lowest BCUT2D eigenvalue weighted by Crippen LogP contribution is -2.46. The maximum atomic E-state index is 2.59. The van der Waals surface area contributed by atoms with Gasteiger partial charge in [0.05, 0.1) is 21.7 Å². The highest BCUT2D eigenvalue weighted by atomic mass is 28.3. The predicted molar refractivity (Wildman–Crippen MR) is 114 cm³/mol. The summed E-state index contributed by atoms with van der Waals surface area (Å²) in [7, 11) is -2.90. The van der Waals surface area contributed by atoms with E-state index in [1.54, 1.807) is 5.19 Å². The minimum Gasteiger partial charge on any atom is -0.318 e. The average Bonchev–Trinajstić information content (AvgIpc) is 2.87. The third kappa shape index (κ3) is 2.91. The lowest BCUT2D eigenvalue weighted by molar-refractivity contribution is 1.15. The Hall–Kier alpha value is -1.59.